The standard InChI is InChI=1S/C18H20BrN5O2S.ClH/c1-22-15(4-5-20-22)17(25)24(7-6-23-8-10-26-11-9-23)18-21-14-3-2-13(19)12-16(14)27-18;/h2-5,12H,6-11H2,1H3;1H. The molecule has 4 rings (SSSR count). The number of hydrogen-bond acceptors (Lipinski definition) is 6. The van der Waals surface area contributed by atoms with Crippen molar-refractivity contribution in [2.24, 2.45) is 7.05 Å². The molecule has 1 aromatic carbocycles. The van der Waals surface area contributed by atoms with Gasteiger partial charge in [0.05, 0.1) is 23.4 Å². The van der Waals surface area contributed by atoms with Crippen LogP contribution in [0, 0.1) is 0 Å². The van der Waals surface area contributed by atoms with E-state index in [1.807, 2.05) is 18.2 Å². The second kappa shape index (κ2) is 9.32. The minimum atomic E-state index is -0.0821. The SMILES string of the molecule is Cl.Cn1nccc1C(=O)N(CCN1CCOCC1)c1nc2ccc(Br)cc2s1. The van der Waals surface area contributed by atoms with Crippen molar-refractivity contribution < 1.29 is 9.53 Å². The summed E-state index contributed by atoms with van der Waals surface area (Å²) in [7, 11) is 1.78. The van der Waals surface area contributed by atoms with Crippen molar-refractivity contribution in [2.45, 2.75) is 0 Å². The number of hydrogen-bond donors (Lipinski definition) is 0. The second-order valence-electron chi connectivity index (χ2n) is 6.36. The average Bonchev–Trinajstić information content (AvgIpc) is 3.28. The van der Waals surface area contributed by atoms with E-state index in [4.69, 9.17) is 9.72 Å². The highest BCUT2D eigenvalue weighted by atomic mass is 79.9. The Labute approximate surface area is 181 Å². The van der Waals surface area contributed by atoms with E-state index in [2.05, 4.69) is 25.9 Å². The number of carbonyl (C=O) groups is 1. The molecule has 1 aliphatic heterocycles. The maximum absolute atomic E-state index is 13.2. The number of thiazole rings is 1. The number of ether oxygens (including phenoxy) is 1. The number of benzene rings is 1. The zero-order valence-corrected chi connectivity index (χ0v) is 18.6. The molecule has 0 spiro atoms. The molecule has 1 fully saturated rings. The molecule has 2 aromatic heterocycles. The fourth-order valence-corrected chi connectivity index (χ4v) is 4.62. The lowest BCUT2D eigenvalue weighted by Gasteiger charge is -2.29. The second-order valence-corrected chi connectivity index (χ2v) is 8.28. The lowest BCUT2D eigenvalue weighted by molar-refractivity contribution is 0.0391. The molecule has 0 atom stereocenters. The number of aromatic nitrogens is 3. The normalized spacial score (nSPS) is 14.8. The van der Waals surface area contributed by atoms with E-state index in [1.165, 1.54) is 11.3 Å². The Morgan fingerprint density at radius 2 is 2.11 bits per heavy atom. The Balaban J connectivity index is 0.00000225. The summed E-state index contributed by atoms with van der Waals surface area (Å²) >= 11 is 5.03. The van der Waals surface area contributed by atoms with E-state index >= 15 is 0 Å². The summed E-state index contributed by atoms with van der Waals surface area (Å²) in [4.78, 5) is 22.0. The summed E-state index contributed by atoms with van der Waals surface area (Å²) in [6, 6.07) is 7.71. The lowest BCUT2D eigenvalue weighted by atomic mass is 10.3. The fraction of sp³-hybridized carbons (Fsp3) is 0.389. The van der Waals surface area contributed by atoms with Gasteiger partial charge in [-0.25, -0.2) is 4.98 Å². The quantitative estimate of drug-likeness (QED) is 0.554. The smallest absolute Gasteiger partial charge is 0.278 e. The molecule has 0 N–H and O–H groups in total. The van der Waals surface area contributed by atoms with Crippen LogP contribution in [-0.2, 0) is 11.8 Å². The number of rotatable bonds is 5. The first-order valence-electron chi connectivity index (χ1n) is 8.78. The predicted octanol–water partition coefficient (Wildman–Crippen LogP) is 3.19. The number of anilines is 1. The van der Waals surface area contributed by atoms with Crippen molar-refractivity contribution in [3.05, 3.63) is 40.6 Å². The Bertz CT molecular complexity index is 957. The van der Waals surface area contributed by atoms with Gasteiger partial charge >= 0.3 is 0 Å². The zero-order chi connectivity index (χ0) is 18.8. The minimum Gasteiger partial charge on any atom is -0.379 e. The van der Waals surface area contributed by atoms with E-state index < -0.39 is 0 Å². The Morgan fingerprint density at radius 1 is 1.32 bits per heavy atom. The summed E-state index contributed by atoms with van der Waals surface area (Å²) in [5.74, 6) is -0.0821. The van der Waals surface area contributed by atoms with Gasteiger partial charge in [-0.15, -0.1) is 12.4 Å². The number of morpholine rings is 1. The highest BCUT2D eigenvalue weighted by Crippen LogP contribution is 2.31. The summed E-state index contributed by atoms with van der Waals surface area (Å²) in [5.41, 5.74) is 1.45. The van der Waals surface area contributed by atoms with Gasteiger partial charge in [0.15, 0.2) is 5.13 Å². The van der Waals surface area contributed by atoms with Gasteiger partial charge in [-0.1, -0.05) is 27.3 Å². The van der Waals surface area contributed by atoms with Crippen molar-refractivity contribution in [1.29, 1.82) is 0 Å². The van der Waals surface area contributed by atoms with Crippen LogP contribution in [0.2, 0.25) is 0 Å². The molecule has 1 amide bonds. The molecule has 150 valence electrons. The van der Waals surface area contributed by atoms with Gasteiger partial charge in [0, 0.05) is 43.9 Å². The third-order valence-corrected chi connectivity index (χ3v) is 6.13. The number of fused-ring (bicyclic) bond motifs is 1. The van der Waals surface area contributed by atoms with Crippen molar-refractivity contribution in [2.75, 3.05) is 44.3 Å². The van der Waals surface area contributed by atoms with Crippen LogP contribution in [-0.4, -0.2) is 65.0 Å². The highest BCUT2D eigenvalue weighted by Gasteiger charge is 2.24. The molecule has 0 saturated carbocycles. The minimum absolute atomic E-state index is 0. The molecule has 1 aliphatic rings. The maximum Gasteiger partial charge on any atom is 0.278 e. The predicted molar refractivity (Wildman–Crippen MR) is 117 cm³/mol. The van der Waals surface area contributed by atoms with Crippen LogP contribution in [0.3, 0.4) is 0 Å². The van der Waals surface area contributed by atoms with E-state index in [9.17, 15) is 4.79 Å². The topological polar surface area (TPSA) is 63.5 Å². The van der Waals surface area contributed by atoms with Crippen molar-refractivity contribution in [3.8, 4) is 0 Å². The number of nitrogens with zero attached hydrogens (tertiary/aromatic N) is 5. The fourth-order valence-electron chi connectivity index (χ4n) is 3.07. The summed E-state index contributed by atoms with van der Waals surface area (Å²) in [6.45, 7) is 4.62. The molecule has 1 saturated heterocycles. The monoisotopic (exact) mass is 485 g/mol. The third-order valence-electron chi connectivity index (χ3n) is 4.60. The van der Waals surface area contributed by atoms with E-state index in [-0.39, 0.29) is 18.3 Å². The zero-order valence-electron chi connectivity index (χ0n) is 15.4. The molecule has 7 nitrogen and oxygen atoms in total. The molecular formula is C18H21BrClN5O2S. The van der Waals surface area contributed by atoms with Crippen molar-refractivity contribution >= 4 is 60.9 Å². The Kier molecular flexibility index (Phi) is 7.05. The molecular weight excluding hydrogens is 466 g/mol. The van der Waals surface area contributed by atoms with Crippen LogP contribution < -0.4 is 4.90 Å². The third kappa shape index (κ3) is 4.55. The number of amides is 1. The van der Waals surface area contributed by atoms with Gasteiger partial charge in [-0.3, -0.25) is 19.3 Å². The van der Waals surface area contributed by atoms with Crippen LogP contribution in [0.5, 0.6) is 0 Å². The van der Waals surface area contributed by atoms with Crippen molar-refractivity contribution in [1.82, 2.24) is 19.7 Å². The van der Waals surface area contributed by atoms with Gasteiger partial charge in [0.1, 0.15) is 5.69 Å². The van der Waals surface area contributed by atoms with Crippen LogP contribution in [0.4, 0.5) is 5.13 Å². The lowest BCUT2D eigenvalue weighted by Crippen LogP contribution is -2.43. The maximum atomic E-state index is 13.2. The van der Waals surface area contributed by atoms with Crippen LogP contribution in [0.1, 0.15) is 10.5 Å². The largest absolute Gasteiger partial charge is 0.379 e. The van der Waals surface area contributed by atoms with Gasteiger partial charge < -0.3 is 4.74 Å². The van der Waals surface area contributed by atoms with Crippen LogP contribution in [0.25, 0.3) is 10.2 Å². The van der Waals surface area contributed by atoms with E-state index in [1.54, 1.807) is 28.9 Å². The van der Waals surface area contributed by atoms with E-state index in [0.717, 1.165) is 47.5 Å². The summed E-state index contributed by atoms with van der Waals surface area (Å²) in [5, 5.41) is 4.85. The number of halogens is 2. The number of carbonyl (C=O) groups excluding carboxylic acids is 1. The number of aryl methyl sites for hydroxylation is 1. The molecule has 0 unspecified atom stereocenters. The Hall–Kier alpha value is -1.52. The van der Waals surface area contributed by atoms with Crippen LogP contribution in [0.15, 0.2) is 34.9 Å². The van der Waals surface area contributed by atoms with Gasteiger partial charge in [0.25, 0.3) is 5.91 Å². The first-order chi connectivity index (χ1) is 13.1. The van der Waals surface area contributed by atoms with Gasteiger partial charge in [0.2, 0.25) is 0 Å². The molecule has 28 heavy (non-hydrogen) atoms. The molecule has 0 radical (unpaired) electrons. The van der Waals surface area contributed by atoms with Crippen molar-refractivity contribution in [3.63, 3.8) is 0 Å². The van der Waals surface area contributed by atoms with Gasteiger partial charge in [-0.2, -0.15) is 5.10 Å². The molecule has 3 aromatic rings. The first-order valence-corrected chi connectivity index (χ1v) is 10.4. The summed E-state index contributed by atoms with van der Waals surface area (Å²) in [6.07, 6.45) is 1.64. The molecule has 3 heterocycles. The molecule has 0 aliphatic carbocycles. The van der Waals surface area contributed by atoms with E-state index in [0.29, 0.717) is 17.4 Å². The Morgan fingerprint density at radius 3 is 2.82 bits per heavy atom. The highest BCUT2D eigenvalue weighted by molar-refractivity contribution is 9.10. The first kappa shape index (κ1) is 21.2. The van der Waals surface area contributed by atoms with Gasteiger partial charge in [-0.05, 0) is 24.3 Å². The average molecular weight is 487 g/mol. The molecule has 0 bridgehead atoms. The van der Waals surface area contributed by atoms with Crippen LogP contribution >= 0.6 is 39.7 Å². The summed E-state index contributed by atoms with van der Waals surface area (Å²) < 4.78 is 9.07. The molecule has 10 heteroatoms.